The van der Waals surface area contributed by atoms with Crippen molar-refractivity contribution < 1.29 is 13.2 Å². The minimum absolute atomic E-state index is 0.184. The van der Waals surface area contributed by atoms with Gasteiger partial charge in [-0.2, -0.15) is 0 Å². The molecule has 76 valence electrons. The highest BCUT2D eigenvalue weighted by molar-refractivity contribution is 7.91. The van der Waals surface area contributed by atoms with Crippen LogP contribution in [-0.4, -0.2) is 20.8 Å². The van der Waals surface area contributed by atoms with Gasteiger partial charge in [0.25, 0.3) is 0 Å². The first-order valence-electron chi connectivity index (χ1n) is 4.56. The molecule has 0 aromatic heterocycles. The van der Waals surface area contributed by atoms with E-state index in [0.29, 0.717) is 23.7 Å². The normalized spacial score (nSPS) is 19.2. The Hall–Kier alpha value is -1.03. The van der Waals surface area contributed by atoms with Gasteiger partial charge in [0, 0.05) is 0 Å². The lowest BCUT2D eigenvalue weighted by molar-refractivity contribution is 0.314. The van der Waals surface area contributed by atoms with Gasteiger partial charge < -0.3 is 4.74 Å². The second-order valence-corrected chi connectivity index (χ2v) is 5.55. The first-order valence-corrected chi connectivity index (χ1v) is 6.21. The monoisotopic (exact) mass is 212 g/mol. The minimum atomic E-state index is -3.13. The second kappa shape index (κ2) is 3.28. The fraction of sp³-hybridized carbons (Fsp3) is 0.400. The van der Waals surface area contributed by atoms with Crippen LogP contribution in [0.2, 0.25) is 0 Å². The SMILES string of the molecule is Cc1ccc2c(c1)S(=O)(=O)CCCO2. The van der Waals surface area contributed by atoms with E-state index in [4.69, 9.17) is 4.74 Å². The summed E-state index contributed by atoms with van der Waals surface area (Å²) in [7, 11) is -3.13. The third kappa shape index (κ3) is 1.62. The Labute approximate surface area is 83.6 Å². The fourth-order valence-corrected chi connectivity index (χ4v) is 3.04. The van der Waals surface area contributed by atoms with Crippen LogP contribution in [-0.2, 0) is 9.84 Å². The summed E-state index contributed by atoms with van der Waals surface area (Å²) in [5.74, 6) is 0.678. The van der Waals surface area contributed by atoms with E-state index in [9.17, 15) is 8.42 Å². The molecule has 1 aliphatic heterocycles. The Morgan fingerprint density at radius 1 is 1.36 bits per heavy atom. The zero-order valence-corrected chi connectivity index (χ0v) is 8.80. The molecule has 0 amide bonds. The van der Waals surface area contributed by atoms with E-state index in [1.165, 1.54) is 0 Å². The van der Waals surface area contributed by atoms with Gasteiger partial charge in [-0.15, -0.1) is 0 Å². The molecule has 2 rings (SSSR count). The summed E-state index contributed by atoms with van der Waals surface area (Å²) in [5.41, 5.74) is 0.942. The van der Waals surface area contributed by atoms with Gasteiger partial charge >= 0.3 is 0 Å². The van der Waals surface area contributed by atoms with Crippen LogP contribution in [0.4, 0.5) is 0 Å². The van der Waals surface area contributed by atoms with E-state index in [2.05, 4.69) is 0 Å². The standard InChI is InChI=1S/C10H12O3S/c1-8-3-4-9-10(7-8)14(11,12)6-2-5-13-9/h3-4,7H,2,5-6H2,1H3. The predicted molar refractivity (Wildman–Crippen MR) is 53.3 cm³/mol. The Morgan fingerprint density at radius 3 is 2.93 bits per heavy atom. The number of hydrogen-bond acceptors (Lipinski definition) is 3. The summed E-state index contributed by atoms with van der Waals surface area (Å²) in [6.45, 7) is 2.36. The molecule has 1 aromatic rings. The summed E-state index contributed by atoms with van der Waals surface area (Å²) in [4.78, 5) is 0.343. The number of aryl methyl sites for hydroxylation is 1. The molecule has 4 heteroatoms. The average Bonchev–Trinajstić information content (AvgIpc) is 2.26. The molecule has 14 heavy (non-hydrogen) atoms. The van der Waals surface area contributed by atoms with E-state index in [1.807, 2.05) is 13.0 Å². The van der Waals surface area contributed by atoms with Crippen molar-refractivity contribution in [1.82, 2.24) is 0 Å². The quantitative estimate of drug-likeness (QED) is 0.655. The second-order valence-electron chi connectivity index (χ2n) is 3.47. The molecule has 0 N–H and O–H groups in total. The first-order chi connectivity index (χ1) is 6.59. The van der Waals surface area contributed by atoms with Gasteiger partial charge in [-0.1, -0.05) is 6.07 Å². The fourth-order valence-electron chi connectivity index (χ4n) is 1.52. The lowest BCUT2D eigenvalue weighted by Crippen LogP contribution is -2.05. The van der Waals surface area contributed by atoms with Crippen LogP contribution in [0, 0.1) is 6.92 Å². The molecule has 1 heterocycles. The molecule has 0 unspecified atom stereocenters. The van der Waals surface area contributed by atoms with E-state index in [0.717, 1.165) is 5.56 Å². The summed E-state index contributed by atoms with van der Waals surface area (Å²) in [6.07, 6.45) is 0.566. The van der Waals surface area contributed by atoms with Crippen LogP contribution >= 0.6 is 0 Å². The molecular weight excluding hydrogens is 200 g/mol. The molecule has 0 fully saturated rings. The molecule has 3 nitrogen and oxygen atoms in total. The highest BCUT2D eigenvalue weighted by atomic mass is 32.2. The maximum absolute atomic E-state index is 11.8. The topological polar surface area (TPSA) is 43.4 Å². The van der Waals surface area contributed by atoms with Gasteiger partial charge in [-0.25, -0.2) is 8.42 Å². The molecule has 0 radical (unpaired) electrons. The van der Waals surface area contributed by atoms with Crippen LogP contribution in [0.15, 0.2) is 23.1 Å². The molecular formula is C10H12O3S. The first kappa shape index (κ1) is 9.52. The molecule has 1 aromatic carbocycles. The molecule has 0 saturated heterocycles. The zero-order chi connectivity index (χ0) is 10.2. The molecule has 0 atom stereocenters. The van der Waals surface area contributed by atoms with E-state index < -0.39 is 9.84 Å². The van der Waals surface area contributed by atoms with Gasteiger partial charge in [0.2, 0.25) is 0 Å². The molecule has 0 spiro atoms. The van der Waals surface area contributed by atoms with Crippen molar-refractivity contribution in [3.05, 3.63) is 23.8 Å². The van der Waals surface area contributed by atoms with E-state index in [1.54, 1.807) is 12.1 Å². The summed E-state index contributed by atoms with van der Waals surface area (Å²) in [5, 5.41) is 0. The third-order valence-electron chi connectivity index (χ3n) is 2.25. The van der Waals surface area contributed by atoms with Crippen molar-refractivity contribution in [1.29, 1.82) is 0 Å². The van der Waals surface area contributed by atoms with E-state index in [-0.39, 0.29) is 5.75 Å². The molecule has 0 saturated carbocycles. The van der Waals surface area contributed by atoms with Crippen molar-refractivity contribution >= 4 is 9.84 Å². The summed E-state index contributed by atoms with van der Waals surface area (Å²) in [6, 6.07) is 5.27. The maximum atomic E-state index is 11.8. The van der Waals surface area contributed by atoms with Crippen molar-refractivity contribution in [3.8, 4) is 5.75 Å². The lowest BCUT2D eigenvalue weighted by atomic mass is 10.2. The number of hydrogen-bond donors (Lipinski definition) is 0. The molecule has 1 aliphatic rings. The van der Waals surface area contributed by atoms with Crippen molar-refractivity contribution in [2.75, 3.05) is 12.4 Å². The largest absolute Gasteiger partial charge is 0.492 e. The number of ether oxygens (including phenoxy) is 1. The van der Waals surface area contributed by atoms with Crippen molar-refractivity contribution in [3.63, 3.8) is 0 Å². The minimum Gasteiger partial charge on any atom is -0.492 e. The van der Waals surface area contributed by atoms with Gasteiger partial charge in [-0.05, 0) is 31.0 Å². The predicted octanol–water partition coefficient (Wildman–Crippen LogP) is 1.55. The Kier molecular flexibility index (Phi) is 2.23. The van der Waals surface area contributed by atoms with Crippen LogP contribution in [0.25, 0.3) is 0 Å². The molecule has 0 bridgehead atoms. The average molecular weight is 212 g/mol. The Morgan fingerprint density at radius 2 is 2.14 bits per heavy atom. The number of rotatable bonds is 0. The number of sulfone groups is 1. The van der Waals surface area contributed by atoms with Gasteiger partial charge in [0.15, 0.2) is 9.84 Å². The van der Waals surface area contributed by atoms with Gasteiger partial charge in [0.1, 0.15) is 10.6 Å². The van der Waals surface area contributed by atoms with Crippen molar-refractivity contribution in [2.45, 2.75) is 18.2 Å². The van der Waals surface area contributed by atoms with Crippen molar-refractivity contribution in [2.24, 2.45) is 0 Å². The Bertz CT molecular complexity index is 448. The maximum Gasteiger partial charge on any atom is 0.182 e. The highest BCUT2D eigenvalue weighted by Crippen LogP contribution is 2.28. The number of benzene rings is 1. The van der Waals surface area contributed by atoms with Gasteiger partial charge in [-0.3, -0.25) is 0 Å². The summed E-state index contributed by atoms with van der Waals surface area (Å²) < 4.78 is 28.9. The van der Waals surface area contributed by atoms with Crippen LogP contribution < -0.4 is 4.74 Å². The Balaban J connectivity index is 2.64. The van der Waals surface area contributed by atoms with Crippen LogP contribution in [0.5, 0.6) is 5.75 Å². The van der Waals surface area contributed by atoms with Crippen LogP contribution in [0.1, 0.15) is 12.0 Å². The number of fused-ring (bicyclic) bond motifs is 1. The van der Waals surface area contributed by atoms with E-state index >= 15 is 0 Å². The highest BCUT2D eigenvalue weighted by Gasteiger charge is 2.22. The zero-order valence-electron chi connectivity index (χ0n) is 7.99. The smallest absolute Gasteiger partial charge is 0.182 e. The van der Waals surface area contributed by atoms with Crippen LogP contribution in [0.3, 0.4) is 0 Å². The van der Waals surface area contributed by atoms with Gasteiger partial charge in [0.05, 0.1) is 12.4 Å². The molecule has 0 aliphatic carbocycles. The lowest BCUT2D eigenvalue weighted by Gasteiger charge is -2.06. The summed E-state index contributed by atoms with van der Waals surface area (Å²) >= 11 is 0. The third-order valence-corrected chi connectivity index (χ3v) is 4.06.